The Morgan fingerprint density at radius 3 is 1.15 bits per heavy atom. The zero-order chi connectivity index (χ0) is 104. The maximum atomic E-state index is 15.2. The number of carbonyl (C=O) groups is 9. The molecule has 6 amide bonds. The van der Waals surface area contributed by atoms with E-state index in [-0.39, 0.29) is 136 Å². The van der Waals surface area contributed by atoms with Crippen molar-refractivity contribution in [3.8, 4) is 0 Å². The van der Waals surface area contributed by atoms with E-state index in [1.165, 1.54) is 117 Å². The van der Waals surface area contributed by atoms with Gasteiger partial charge in [0.1, 0.15) is 13.5 Å². The van der Waals surface area contributed by atoms with E-state index in [2.05, 4.69) is 101 Å². The molecular formula is C102H147F3N16O18Si2. The van der Waals surface area contributed by atoms with E-state index in [0.29, 0.717) is 95.7 Å². The van der Waals surface area contributed by atoms with Crippen molar-refractivity contribution < 1.29 is 85.1 Å². The van der Waals surface area contributed by atoms with Gasteiger partial charge >= 0.3 is 24.2 Å². The Hall–Kier alpha value is -12.9. The number of ketones is 2. The van der Waals surface area contributed by atoms with Crippen LogP contribution in [0.5, 0.6) is 0 Å². The number of aromatic amines is 1. The molecule has 0 fully saturated rings. The summed E-state index contributed by atoms with van der Waals surface area (Å²) < 4.78 is 80.6. The van der Waals surface area contributed by atoms with E-state index in [1.807, 2.05) is 9.13 Å². The van der Waals surface area contributed by atoms with Gasteiger partial charge in [-0.15, -0.1) is 0 Å². The molecule has 39 heteroatoms. The molecule has 0 aromatic carbocycles. The van der Waals surface area contributed by atoms with Crippen LogP contribution in [0.1, 0.15) is 133 Å². The van der Waals surface area contributed by atoms with Gasteiger partial charge in [-0.25, -0.2) is 32.3 Å². The largest absolute Gasteiger partial charge is 0.479 e. The number of ether oxygens (including phenoxy) is 5. The van der Waals surface area contributed by atoms with Gasteiger partial charge in [0, 0.05) is 190 Å². The van der Waals surface area contributed by atoms with Crippen LogP contribution in [-0.4, -0.2) is 263 Å². The summed E-state index contributed by atoms with van der Waals surface area (Å²) in [7, 11) is 16.2. The van der Waals surface area contributed by atoms with E-state index in [0.717, 1.165) is 51.7 Å². The number of aliphatic carboxylic acids is 1. The standard InChI is InChI=1S/C36H52FN5O6Si.C30H38FN5O5.C23H33FN4O2Si.C12H20N2O5.CH4/c1-25(2)19-30-34-28(29(37)22-38-30)21-27(42(34)24-47-17-18-49(7,8)9)23-41-16-12-13-26(35(41)45)20-31(43)32(48-36(46)40(5)6)14-10-11-15-33(44)39(3)4;1-19(2)14-24-28-22(23(31)17-32-24)16-21(33-28)18-36-13-9-10-20(29(36)39)15-25(37)26(41-30(40)35(5)6)11-7-8-12-27(38)34(3)4;1-16(2)11-21-22-18(19(24)13-26-21)12-17(14-27-8-6-7-20(25)23(27)29)28(22)15-30-9-10-31(3,4)5;1-13(2)10(15)8-6-5-7-9(11(16)17)19-12(18)14(3)4;/h11-13,15-16,21-22,25,32H,10,14,17-20,23-24H2,1-9H3;8-10,12-13,16-17,19,26,33H,7,11,14-15,18H2,1-6H3;6-8,12-13,16H,9-11,14-15,25H2,1-5H3;6,8-9H,5,7H2,1-4H3,(H,16,17);1H4/b15-11+;12-8+;;8-6+;/t32-;26-;;9-;/m00.0./s1. The van der Waals surface area contributed by atoms with Crippen molar-refractivity contribution in [1.29, 1.82) is 0 Å². The summed E-state index contributed by atoms with van der Waals surface area (Å²) in [5.74, 6) is -2.93. The lowest BCUT2D eigenvalue weighted by Crippen LogP contribution is -2.35. The first-order valence-electron chi connectivity index (χ1n) is 46.7. The molecule has 0 unspecified atom stereocenters. The number of hydrogen-bond donors (Lipinski definition) is 3. The molecule has 0 bridgehead atoms. The van der Waals surface area contributed by atoms with Crippen LogP contribution >= 0.6 is 0 Å². The minimum absolute atomic E-state index is 0. The molecule has 0 spiro atoms. The zero-order valence-electron chi connectivity index (χ0n) is 85.6. The number of pyridine rings is 6. The van der Waals surface area contributed by atoms with Crippen molar-refractivity contribution >= 4 is 108 Å². The first kappa shape index (κ1) is 119. The Bertz CT molecular complexity index is 6030. The maximum absolute atomic E-state index is 15.2. The third-order valence-electron chi connectivity index (χ3n) is 21.8. The van der Waals surface area contributed by atoms with Crippen molar-refractivity contribution in [2.75, 3.05) is 104 Å². The molecule has 9 aromatic heterocycles. The molecule has 3 atom stereocenters. The van der Waals surface area contributed by atoms with Gasteiger partial charge in [0.25, 0.3) is 16.7 Å². The van der Waals surface area contributed by atoms with E-state index < -0.39 is 81.9 Å². The summed E-state index contributed by atoms with van der Waals surface area (Å²) in [6.45, 7) is 28.4. The number of amides is 6. The molecule has 4 N–H and O–H groups in total. The van der Waals surface area contributed by atoms with Gasteiger partial charge in [0.05, 0.1) is 77.5 Å². The monoisotopic (exact) mass is 2000 g/mol. The van der Waals surface area contributed by atoms with Crippen LogP contribution in [0.3, 0.4) is 0 Å². The molecule has 772 valence electrons. The number of nitrogen functional groups attached to an aromatic ring is 1. The number of likely N-dealkylation sites (N-methyl/N-ethyl adjacent to an activating group) is 3. The smallest absolute Gasteiger partial charge is 0.410 e. The van der Waals surface area contributed by atoms with Crippen LogP contribution in [0.25, 0.3) is 32.7 Å². The molecule has 141 heavy (non-hydrogen) atoms. The first-order valence-corrected chi connectivity index (χ1v) is 54.1. The second kappa shape index (κ2) is 55.9. The number of fused-ring (bicyclic) bond motifs is 3. The molecule has 0 radical (unpaired) electrons. The maximum Gasteiger partial charge on any atom is 0.410 e. The van der Waals surface area contributed by atoms with Crippen LogP contribution in [0, 0.1) is 35.2 Å². The normalized spacial score (nSPS) is 12.2. The quantitative estimate of drug-likeness (QED) is 0.0138. The molecule has 0 aliphatic rings. The highest BCUT2D eigenvalue weighted by Crippen LogP contribution is 2.31. The minimum atomic E-state index is -1.35. The highest BCUT2D eigenvalue weighted by atomic mass is 28.3. The number of aromatic nitrogens is 9. The SMILES string of the molecule is C.CC(C)Cc1ncc(F)c2cc(Cn3cccc(CC(=O)[C@H](CC/C=C/C(=O)N(C)C)OC(=O)N(C)C)c3=O)[nH]c12.CC(C)Cc1ncc(F)c2cc(Cn3cccc(CC(=O)[C@H](CC/C=C/C(=O)N(C)C)OC(=O)N(C)C)c3=O)n(COCC[Si](C)(C)C)c12.CC(C)Cc1ncc(F)c2cc(Cn3cccc(N)c3=O)n(COCC[Si](C)(C)C)c12.CN(C)C(=O)/C=C/CC[C@H](OC(=O)N(C)C)C(=O)O. The predicted molar refractivity (Wildman–Crippen MR) is 548 cm³/mol. The molecule has 0 saturated heterocycles. The zero-order valence-corrected chi connectivity index (χ0v) is 87.6. The first-order chi connectivity index (χ1) is 65.7. The number of halogens is 3. The van der Waals surface area contributed by atoms with E-state index >= 15 is 4.39 Å². The number of H-pyrrole nitrogens is 1. The van der Waals surface area contributed by atoms with Gasteiger partial charge in [0.2, 0.25) is 23.8 Å². The summed E-state index contributed by atoms with van der Waals surface area (Å²) in [5, 5.41) is 10.2. The van der Waals surface area contributed by atoms with Crippen LogP contribution in [-0.2, 0) is 118 Å². The number of hydrogen-bond acceptors (Lipinski definition) is 21. The van der Waals surface area contributed by atoms with Crippen molar-refractivity contribution in [1.82, 2.24) is 72.2 Å². The Kier molecular flexibility index (Phi) is 47.0. The average Bonchev–Trinajstić information content (AvgIpc) is 1.63. The average molecular weight is 2000 g/mol. The van der Waals surface area contributed by atoms with Crippen molar-refractivity contribution in [3.63, 3.8) is 0 Å². The lowest BCUT2D eigenvalue weighted by Gasteiger charge is -2.19. The van der Waals surface area contributed by atoms with Gasteiger partial charge in [-0.1, -0.05) is 119 Å². The summed E-state index contributed by atoms with van der Waals surface area (Å²) >= 11 is 0. The summed E-state index contributed by atoms with van der Waals surface area (Å²) in [4.78, 5) is 172. The van der Waals surface area contributed by atoms with E-state index in [1.54, 1.807) is 134 Å². The third-order valence-corrected chi connectivity index (χ3v) is 25.2. The van der Waals surface area contributed by atoms with E-state index in [9.17, 15) is 66.3 Å². The lowest BCUT2D eigenvalue weighted by atomic mass is 10.0. The summed E-state index contributed by atoms with van der Waals surface area (Å²) in [5.41, 5.74) is 11.9. The summed E-state index contributed by atoms with van der Waals surface area (Å²) in [6, 6.07) is 17.0. The Labute approximate surface area is 826 Å². The number of allylic oxidation sites excluding steroid dienone is 3. The number of Topliss-reactive ketones (excluding diaryl/α,β-unsaturated/α-hetero) is 2. The second-order valence-corrected chi connectivity index (χ2v) is 50.5. The fourth-order valence-corrected chi connectivity index (χ4v) is 15.5. The van der Waals surface area contributed by atoms with Crippen molar-refractivity contribution in [3.05, 3.63) is 222 Å². The van der Waals surface area contributed by atoms with Gasteiger partial charge in [-0.05, 0) is 148 Å². The fourth-order valence-electron chi connectivity index (χ4n) is 14.0. The number of nitrogens with two attached hydrogens (primary N) is 1. The van der Waals surface area contributed by atoms with Gasteiger partial charge < -0.3 is 91.7 Å². The molecule has 9 rings (SSSR count). The second-order valence-electron chi connectivity index (χ2n) is 39.3. The lowest BCUT2D eigenvalue weighted by molar-refractivity contribution is -0.147. The number of nitrogens with one attached hydrogen (secondary N) is 1. The molecule has 0 aliphatic carbocycles. The number of carboxylic acids is 1. The van der Waals surface area contributed by atoms with Crippen LogP contribution in [0.15, 0.2) is 143 Å². The number of rotatable bonds is 44. The number of anilines is 1. The van der Waals surface area contributed by atoms with E-state index in [4.69, 9.17) is 34.5 Å². The molecule has 0 aliphatic heterocycles. The number of carbonyl (C=O) groups excluding carboxylic acids is 8. The fraction of sp³-hybridized carbons (Fsp3) is 0.500. The summed E-state index contributed by atoms with van der Waals surface area (Å²) in [6.07, 6.45) is 15.0. The van der Waals surface area contributed by atoms with Crippen LogP contribution < -0.4 is 22.4 Å². The van der Waals surface area contributed by atoms with Crippen molar-refractivity contribution in [2.24, 2.45) is 17.8 Å². The van der Waals surface area contributed by atoms with Crippen LogP contribution in [0.2, 0.25) is 51.4 Å². The Balaban J connectivity index is 0.000000346. The minimum Gasteiger partial charge on any atom is -0.479 e. The molecule has 9 heterocycles. The molecule has 9 aromatic rings. The number of carboxylic acid groups (broad SMARTS) is 1. The highest BCUT2D eigenvalue weighted by molar-refractivity contribution is 6.76. The van der Waals surface area contributed by atoms with Gasteiger partial charge in [-0.3, -0.25) is 53.3 Å². The van der Waals surface area contributed by atoms with Crippen molar-refractivity contribution in [2.45, 2.75) is 222 Å². The van der Waals surface area contributed by atoms with Gasteiger partial charge in [0.15, 0.2) is 41.2 Å². The molecular weight excluding hydrogens is 1850 g/mol. The Morgan fingerprint density at radius 1 is 0.461 bits per heavy atom. The highest BCUT2D eigenvalue weighted by Gasteiger charge is 2.30. The predicted octanol–water partition coefficient (Wildman–Crippen LogP) is 14.9. The third kappa shape index (κ3) is 37.9. The number of nitrogens with zero attached hydrogens (tertiary/aromatic N) is 14. The topological polar surface area (TPSA) is 396 Å². The van der Waals surface area contributed by atoms with Crippen LogP contribution in [0.4, 0.5) is 33.2 Å². The Morgan fingerprint density at radius 2 is 0.794 bits per heavy atom. The molecule has 0 saturated carbocycles. The molecule has 34 nitrogen and oxygen atoms in total. The van der Waals surface area contributed by atoms with Gasteiger partial charge in [-0.2, -0.15) is 0 Å².